The highest BCUT2D eigenvalue weighted by Crippen LogP contribution is 2.28. The molecule has 2 N–H and O–H groups in total. The van der Waals surface area contributed by atoms with E-state index in [4.69, 9.17) is 5.11 Å². The average molecular weight is 240 g/mol. The molecule has 100 valence electrons. The van der Waals surface area contributed by atoms with Crippen molar-refractivity contribution >= 4 is 0 Å². The van der Waals surface area contributed by atoms with Crippen molar-refractivity contribution in [3.05, 3.63) is 0 Å². The van der Waals surface area contributed by atoms with E-state index in [9.17, 15) is 0 Å². The largest absolute Gasteiger partial charge is 0.396 e. The summed E-state index contributed by atoms with van der Waals surface area (Å²) in [6.45, 7) is 4.12. The fraction of sp³-hybridized carbons (Fsp3) is 1.00. The number of nitrogens with one attached hydrogen (secondary N) is 1. The number of rotatable bonds is 9. The van der Waals surface area contributed by atoms with E-state index in [2.05, 4.69) is 10.2 Å². The Morgan fingerprint density at radius 2 is 1.88 bits per heavy atom. The van der Waals surface area contributed by atoms with Crippen molar-refractivity contribution in [3.63, 3.8) is 0 Å². The Labute approximate surface area is 106 Å². The molecule has 17 heavy (non-hydrogen) atoms. The maximum atomic E-state index is 8.74. The molecule has 0 bridgehead atoms. The first kappa shape index (κ1) is 13.3. The summed E-state index contributed by atoms with van der Waals surface area (Å²) in [6.07, 6.45) is 10.3. The van der Waals surface area contributed by atoms with Gasteiger partial charge in [0.2, 0.25) is 0 Å². The van der Waals surface area contributed by atoms with Crippen LogP contribution in [0.3, 0.4) is 0 Å². The van der Waals surface area contributed by atoms with Crippen LogP contribution in [0.5, 0.6) is 0 Å². The van der Waals surface area contributed by atoms with Crippen molar-refractivity contribution in [3.8, 4) is 0 Å². The van der Waals surface area contributed by atoms with Gasteiger partial charge in [0.1, 0.15) is 0 Å². The van der Waals surface area contributed by atoms with Crippen LogP contribution in [0.2, 0.25) is 0 Å². The number of hydrogen-bond donors (Lipinski definition) is 2. The molecule has 3 heteroatoms. The number of nitrogens with zero attached hydrogens (tertiary/aromatic N) is 1. The minimum Gasteiger partial charge on any atom is -0.396 e. The monoisotopic (exact) mass is 240 g/mol. The molecule has 1 atom stereocenters. The summed E-state index contributed by atoms with van der Waals surface area (Å²) in [4.78, 5) is 2.71. The topological polar surface area (TPSA) is 35.5 Å². The summed E-state index contributed by atoms with van der Waals surface area (Å²) in [6, 6.07) is 1.66. The SMILES string of the molecule is OCCCCCCN(CC1CCCN1)C1CC1. The number of unbranched alkanes of at least 4 members (excludes halogenated alkanes) is 3. The summed E-state index contributed by atoms with van der Waals surface area (Å²) >= 11 is 0. The van der Waals surface area contributed by atoms with E-state index >= 15 is 0 Å². The van der Waals surface area contributed by atoms with E-state index in [1.54, 1.807) is 0 Å². The van der Waals surface area contributed by atoms with Crippen LogP contribution in [0.1, 0.15) is 51.4 Å². The van der Waals surface area contributed by atoms with Gasteiger partial charge < -0.3 is 10.4 Å². The van der Waals surface area contributed by atoms with Gasteiger partial charge >= 0.3 is 0 Å². The Morgan fingerprint density at radius 3 is 2.53 bits per heavy atom. The highest BCUT2D eigenvalue weighted by molar-refractivity contribution is 4.88. The molecular weight excluding hydrogens is 212 g/mol. The first-order chi connectivity index (χ1) is 8.40. The van der Waals surface area contributed by atoms with Gasteiger partial charge in [0, 0.05) is 25.2 Å². The molecule has 3 nitrogen and oxygen atoms in total. The molecule has 0 aromatic rings. The number of aliphatic hydroxyl groups excluding tert-OH is 1. The molecule has 0 radical (unpaired) electrons. The number of aliphatic hydroxyl groups is 1. The number of hydrogen-bond acceptors (Lipinski definition) is 3. The Balaban J connectivity index is 1.59. The predicted octanol–water partition coefficient (Wildman–Crippen LogP) is 1.76. The van der Waals surface area contributed by atoms with Crippen LogP contribution in [-0.2, 0) is 0 Å². The summed E-state index contributed by atoms with van der Waals surface area (Å²) in [5.74, 6) is 0. The van der Waals surface area contributed by atoms with Crippen LogP contribution in [0, 0.1) is 0 Å². The van der Waals surface area contributed by atoms with E-state index in [-0.39, 0.29) is 0 Å². The van der Waals surface area contributed by atoms with Gasteiger partial charge in [-0.1, -0.05) is 12.8 Å². The lowest BCUT2D eigenvalue weighted by Crippen LogP contribution is -2.39. The van der Waals surface area contributed by atoms with Gasteiger partial charge in [-0.05, 0) is 51.6 Å². The zero-order chi connectivity index (χ0) is 11.9. The third-order valence-electron chi connectivity index (χ3n) is 4.03. The quantitative estimate of drug-likeness (QED) is 0.603. The second-order valence-electron chi connectivity index (χ2n) is 5.66. The molecule has 0 aromatic carbocycles. The third kappa shape index (κ3) is 4.94. The lowest BCUT2D eigenvalue weighted by molar-refractivity contribution is 0.231. The zero-order valence-electron chi connectivity index (χ0n) is 11.0. The minimum absolute atomic E-state index is 0.359. The smallest absolute Gasteiger partial charge is 0.0431 e. The first-order valence-corrected chi connectivity index (χ1v) is 7.48. The summed E-state index contributed by atoms with van der Waals surface area (Å²) < 4.78 is 0. The van der Waals surface area contributed by atoms with Crippen LogP contribution in [0.25, 0.3) is 0 Å². The highest BCUT2D eigenvalue weighted by atomic mass is 16.2. The molecule has 1 unspecified atom stereocenters. The van der Waals surface area contributed by atoms with Crippen LogP contribution >= 0.6 is 0 Å². The zero-order valence-corrected chi connectivity index (χ0v) is 11.0. The predicted molar refractivity (Wildman–Crippen MR) is 71.2 cm³/mol. The van der Waals surface area contributed by atoms with Gasteiger partial charge in [0.15, 0.2) is 0 Å². The standard InChI is InChI=1S/C14H28N2O/c17-11-4-2-1-3-10-16(14-7-8-14)12-13-6-5-9-15-13/h13-15,17H,1-12H2. The molecule has 2 fully saturated rings. The summed E-state index contributed by atoms with van der Waals surface area (Å²) in [7, 11) is 0. The lowest BCUT2D eigenvalue weighted by Gasteiger charge is -2.25. The summed E-state index contributed by atoms with van der Waals surface area (Å²) in [5.41, 5.74) is 0. The molecule has 0 spiro atoms. The first-order valence-electron chi connectivity index (χ1n) is 7.48. The normalized spacial score (nSPS) is 24.7. The van der Waals surface area contributed by atoms with Crippen molar-refractivity contribution < 1.29 is 5.11 Å². The van der Waals surface area contributed by atoms with Gasteiger partial charge in [-0.25, -0.2) is 0 Å². The van der Waals surface area contributed by atoms with Crippen LogP contribution in [0.4, 0.5) is 0 Å². The Morgan fingerprint density at radius 1 is 1.06 bits per heavy atom. The van der Waals surface area contributed by atoms with Crippen LogP contribution < -0.4 is 5.32 Å². The van der Waals surface area contributed by atoms with Gasteiger partial charge in [0.25, 0.3) is 0 Å². The van der Waals surface area contributed by atoms with Gasteiger partial charge in [-0.3, -0.25) is 4.90 Å². The molecular formula is C14H28N2O. The average Bonchev–Trinajstić information content (AvgIpc) is 3.06. The van der Waals surface area contributed by atoms with E-state index in [0.717, 1.165) is 18.5 Å². The Bertz CT molecular complexity index is 200. The fourth-order valence-corrected chi connectivity index (χ4v) is 2.84. The van der Waals surface area contributed by atoms with Crippen LogP contribution in [0.15, 0.2) is 0 Å². The molecule has 1 aliphatic heterocycles. The Hall–Kier alpha value is -0.120. The van der Waals surface area contributed by atoms with Crippen LogP contribution in [-0.4, -0.2) is 48.3 Å². The van der Waals surface area contributed by atoms with Gasteiger partial charge in [-0.2, -0.15) is 0 Å². The van der Waals surface area contributed by atoms with E-state index in [0.29, 0.717) is 6.61 Å². The molecule has 2 aliphatic rings. The maximum Gasteiger partial charge on any atom is 0.0431 e. The van der Waals surface area contributed by atoms with Crippen molar-refractivity contribution in [1.82, 2.24) is 10.2 Å². The fourth-order valence-electron chi connectivity index (χ4n) is 2.84. The molecule has 1 saturated carbocycles. The molecule has 0 amide bonds. The summed E-state index contributed by atoms with van der Waals surface area (Å²) in [5, 5.41) is 12.3. The highest BCUT2D eigenvalue weighted by Gasteiger charge is 2.30. The third-order valence-corrected chi connectivity index (χ3v) is 4.03. The minimum atomic E-state index is 0.359. The van der Waals surface area contributed by atoms with E-state index in [1.807, 2.05) is 0 Å². The molecule has 0 aromatic heterocycles. The second kappa shape index (κ2) is 7.34. The second-order valence-corrected chi connectivity index (χ2v) is 5.66. The van der Waals surface area contributed by atoms with Crippen molar-refractivity contribution in [2.45, 2.75) is 63.5 Å². The molecule has 2 rings (SSSR count). The molecule has 1 saturated heterocycles. The van der Waals surface area contributed by atoms with Crippen molar-refractivity contribution in [2.75, 3.05) is 26.2 Å². The Kier molecular flexibility index (Phi) is 5.75. The molecule has 1 aliphatic carbocycles. The lowest BCUT2D eigenvalue weighted by atomic mass is 10.1. The van der Waals surface area contributed by atoms with Crippen molar-refractivity contribution in [1.29, 1.82) is 0 Å². The van der Waals surface area contributed by atoms with E-state index in [1.165, 1.54) is 64.6 Å². The van der Waals surface area contributed by atoms with Gasteiger partial charge in [0.05, 0.1) is 0 Å². The maximum absolute atomic E-state index is 8.74. The molecule has 1 heterocycles. The van der Waals surface area contributed by atoms with Crippen molar-refractivity contribution in [2.24, 2.45) is 0 Å². The van der Waals surface area contributed by atoms with E-state index < -0.39 is 0 Å². The van der Waals surface area contributed by atoms with Gasteiger partial charge in [-0.15, -0.1) is 0 Å².